The van der Waals surface area contributed by atoms with Crippen molar-refractivity contribution in [3.05, 3.63) is 65.4 Å². The van der Waals surface area contributed by atoms with Gasteiger partial charge in [0, 0.05) is 34.5 Å². The lowest BCUT2D eigenvalue weighted by Gasteiger charge is -2.07. The summed E-state index contributed by atoms with van der Waals surface area (Å²) in [5, 5.41) is 4.67. The van der Waals surface area contributed by atoms with Crippen molar-refractivity contribution in [3.63, 3.8) is 0 Å². The summed E-state index contributed by atoms with van der Waals surface area (Å²) in [6.07, 6.45) is 3.64. The second-order valence-corrected chi connectivity index (χ2v) is 7.92. The molecule has 0 bridgehead atoms. The highest BCUT2D eigenvalue weighted by molar-refractivity contribution is 7.99. The van der Waals surface area contributed by atoms with Crippen LogP contribution in [0.3, 0.4) is 0 Å². The number of aryl methyl sites for hydroxylation is 1. The van der Waals surface area contributed by atoms with Crippen molar-refractivity contribution < 1.29 is 4.79 Å². The third kappa shape index (κ3) is 3.50. The first kappa shape index (κ1) is 17.2. The van der Waals surface area contributed by atoms with Crippen LogP contribution in [0.5, 0.6) is 0 Å². The van der Waals surface area contributed by atoms with Crippen molar-refractivity contribution in [1.29, 1.82) is 0 Å². The van der Waals surface area contributed by atoms with Crippen LogP contribution < -0.4 is 5.32 Å². The van der Waals surface area contributed by atoms with E-state index in [0.717, 1.165) is 39.0 Å². The van der Waals surface area contributed by atoms with E-state index in [2.05, 4.69) is 34.6 Å². The number of aromatic nitrogens is 2. The van der Waals surface area contributed by atoms with Crippen LogP contribution in [0, 0.1) is 0 Å². The number of nitrogens with zero attached hydrogens (tertiary/aromatic N) is 2. The molecule has 4 nitrogen and oxygen atoms in total. The van der Waals surface area contributed by atoms with E-state index in [9.17, 15) is 4.79 Å². The number of nitrogens with one attached hydrogen (secondary N) is 1. The Morgan fingerprint density at radius 1 is 1.19 bits per heavy atom. The van der Waals surface area contributed by atoms with Gasteiger partial charge in [-0.25, -0.2) is 4.98 Å². The Kier molecular flexibility index (Phi) is 4.74. The minimum atomic E-state index is 0.282. The topological polar surface area (TPSA) is 46.9 Å². The summed E-state index contributed by atoms with van der Waals surface area (Å²) in [5.41, 5.74) is 3.32. The number of carbonyl (C=O) groups excluding carboxylic acids is 1. The minimum Gasteiger partial charge on any atom is -0.355 e. The molecule has 0 radical (unpaired) electrons. The van der Waals surface area contributed by atoms with Gasteiger partial charge in [-0.2, -0.15) is 0 Å². The fraction of sp³-hybridized carbons (Fsp3) is 0.200. The lowest BCUT2D eigenvalue weighted by atomic mass is 10.1. The van der Waals surface area contributed by atoms with Gasteiger partial charge in [-0.05, 0) is 36.2 Å². The average Bonchev–Trinajstić information content (AvgIpc) is 3.33. The summed E-state index contributed by atoms with van der Waals surface area (Å²) < 4.78 is 2.04. The van der Waals surface area contributed by atoms with Gasteiger partial charge in [0.2, 0.25) is 6.41 Å². The Labute approximate surface area is 161 Å². The van der Waals surface area contributed by atoms with E-state index in [0.29, 0.717) is 5.92 Å². The minimum absolute atomic E-state index is 0.282. The van der Waals surface area contributed by atoms with E-state index in [4.69, 9.17) is 11.6 Å². The van der Waals surface area contributed by atoms with Gasteiger partial charge in [0.25, 0.3) is 0 Å². The van der Waals surface area contributed by atoms with Gasteiger partial charge in [-0.15, -0.1) is 0 Å². The second-order valence-electron chi connectivity index (χ2n) is 6.42. The molecule has 1 heterocycles. The summed E-state index contributed by atoms with van der Waals surface area (Å²) in [6, 6.07) is 16.6. The zero-order valence-corrected chi connectivity index (χ0v) is 15.8. The van der Waals surface area contributed by atoms with Crippen LogP contribution in [0.2, 0.25) is 5.02 Å². The third-order valence-corrected chi connectivity index (χ3v) is 6.03. The van der Waals surface area contributed by atoms with E-state index < -0.39 is 0 Å². The number of hydrogen-bond acceptors (Lipinski definition) is 3. The SMILES string of the molecule is Cn1cnc(-c2ccc([C@@H]3C[C@@H]3NC=O)cc2)c1Sc1ccc(Cl)cc1. The van der Waals surface area contributed by atoms with Gasteiger partial charge in [-0.3, -0.25) is 4.79 Å². The Morgan fingerprint density at radius 3 is 2.62 bits per heavy atom. The Bertz CT molecular complexity index is 921. The molecule has 4 rings (SSSR count). The largest absolute Gasteiger partial charge is 0.355 e. The molecule has 2 atom stereocenters. The quantitative estimate of drug-likeness (QED) is 0.638. The Balaban J connectivity index is 1.56. The maximum atomic E-state index is 10.5. The van der Waals surface area contributed by atoms with Gasteiger partial charge in [-0.1, -0.05) is 47.6 Å². The Hall–Kier alpha value is -2.24. The molecule has 3 aromatic rings. The van der Waals surface area contributed by atoms with Crippen molar-refractivity contribution in [1.82, 2.24) is 14.9 Å². The van der Waals surface area contributed by atoms with Gasteiger partial charge in [0.05, 0.1) is 6.33 Å². The summed E-state index contributed by atoms with van der Waals surface area (Å²) >= 11 is 7.65. The van der Waals surface area contributed by atoms with Gasteiger partial charge < -0.3 is 9.88 Å². The summed E-state index contributed by atoms with van der Waals surface area (Å²) in [4.78, 5) is 16.3. The fourth-order valence-corrected chi connectivity index (χ4v) is 4.15. The van der Waals surface area contributed by atoms with Crippen LogP contribution in [0.1, 0.15) is 17.9 Å². The van der Waals surface area contributed by atoms with Crippen LogP contribution in [0.4, 0.5) is 0 Å². The van der Waals surface area contributed by atoms with Crippen molar-refractivity contribution >= 4 is 29.8 Å². The molecule has 1 aliphatic rings. The number of benzene rings is 2. The number of amides is 1. The predicted molar refractivity (Wildman–Crippen MR) is 105 cm³/mol. The third-order valence-electron chi connectivity index (χ3n) is 4.60. The van der Waals surface area contributed by atoms with Gasteiger partial charge in [0.15, 0.2) is 0 Å². The van der Waals surface area contributed by atoms with Crippen molar-refractivity contribution in [2.24, 2.45) is 7.05 Å². The van der Waals surface area contributed by atoms with Crippen molar-refractivity contribution in [2.45, 2.75) is 28.3 Å². The number of halogens is 1. The summed E-state index contributed by atoms with van der Waals surface area (Å²) in [5.74, 6) is 0.431. The predicted octanol–water partition coefficient (Wildman–Crippen LogP) is 4.49. The second kappa shape index (κ2) is 7.17. The number of imidazole rings is 1. The van der Waals surface area contributed by atoms with Crippen LogP contribution >= 0.6 is 23.4 Å². The van der Waals surface area contributed by atoms with Crippen LogP contribution in [-0.2, 0) is 11.8 Å². The normalized spacial score (nSPS) is 18.5. The number of hydrogen-bond donors (Lipinski definition) is 1. The summed E-state index contributed by atoms with van der Waals surface area (Å²) in [6.45, 7) is 0. The lowest BCUT2D eigenvalue weighted by Crippen LogP contribution is -2.14. The zero-order chi connectivity index (χ0) is 18.1. The fourth-order valence-electron chi connectivity index (χ4n) is 3.07. The molecule has 6 heteroatoms. The summed E-state index contributed by atoms with van der Waals surface area (Å²) in [7, 11) is 2.00. The lowest BCUT2D eigenvalue weighted by molar-refractivity contribution is -0.109. The van der Waals surface area contributed by atoms with Gasteiger partial charge >= 0.3 is 0 Å². The van der Waals surface area contributed by atoms with Crippen LogP contribution in [0.15, 0.2) is 64.8 Å². The molecule has 1 N–H and O–H groups in total. The average molecular weight is 384 g/mol. The molecule has 0 saturated heterocycles. The van der Waals surface area contributed by atoms with Crippen molar-refractivity contribution in [2.75, 3.05) is 0 Å². The molecule has 1 aromatic heterocycles. The smallest absolute Gasteiger partial charge is 0.207 e. The van der Waals surface area contributed by atoms with E-state index in [1.165, 1.54) is 5.56 Å². The van der Waals surface area contributed by atoms with Crippen molar-refractivity contribution in [3.8, 4) is 11.3 Å². The van der Waals surface area contributed by atoms with E-state index in [1.807, 2.05) is 42.2 Å². The molecule has 2 aromatic carbocycles. The first-order valence-corrected chi connectivity index (χ1v) is 9.60. The first-order valence-electron chi connectivity index (χ1n) is 8.40. The van der Waals surface area contributed by atoms with E-state index in [-0.39, 0.29) is 6.04 Å². The molecule has 0 aliphatic heterocycles. The molecular weight excluding hydrogens is 366 g/mol. The van der Waals surface area contributed by atoms with Crippen LogP contribution in [-0.4, -0.2) is 22.0 Å². The maximum absolute atomic E-state index is 10.5. The van der Waals surface area contributed by atoms with Gasteiger partial charge in [0.1, 0.15) is 10.7 Å². The monoisotopic (exact) mass is 383 g/mol. The number of carbonyl (C=O) groups is 1. The number of rotatable bonds is 6. The molecular formula is C20H18ClN3OS. The van der Waals surface area contributed by atoms with E-state index in [1.54, 1.807) is 11.8 Å². The molecule has 1 amide bonds. The van der Waals surface area contributed by atoms with Crippen LogP contribution in [0.25, 0.3) is 11.3 Å². The molecule has 26 heavy (non-hydrogen) atoms. The maximum Gasteiger partial charge on any atom is 0.207 e. The standard InChI is InChI=1S/C20H18ClN3OS/c1-24-11-22-19(20(24)26-16-8-6-15(21)7-9-16)14-4-2-13(3-5-14)17-10-18(17)23-12-25/h2-9,11-12,17-18H,10H2,1H3,(H,23,25)/t17-,18-/m0/s1. The molecule has 1 aliphatic carbocycles. The Morgan fingerprint density at radius 2 is 1.92 bits per heavy atom. The zero-order valence-electron chi connectivity index (χ0n) is 14.2. The first-order chi connectivity index (χ1) is 12.7. The molecule has 1 fully saturated rings. The molecule has 0 spiro atoms. The molecule has 0 unspecified atom stereocenters. The van der Waals surface area contributed by atoms with E-state index >= 15 is 0 Å². The highest BCUT2D eigenvalue weighted by atomic mass is 35.5. The highest BCUT2D eigenvalue weighted by Crippen LogP contribution is 2.41. The highest BCUT2D eigenvalue weighted by Gasteiger charge is 2.37. The molecule has 1 saturated carbocycles. The molecule has 132 valence electrons.